The zero-order valence-corrected chi connectivity index (χ0v) is 20.2. The van der Waals surface area contributed by atoms with Crippen LogP contribution in [-0.2, 0) is 0 Å². The van der Waals surface area contributed by atoms with Crippen molar-refractivity contribution in [2.24, 2.45) is 0 Å². The van der Waals surface area contributed by atoms with Gasteiger partial charge in [-0.15, -0.1) is 0 Å². The fraction of sp³-hybridized carbons (Fsp3) is 0.200. The number of fused-ring (bicyclic) bond motifs is 1. The SMILES string of the molecule is CN1CCN(C(=O)c2cc(Cl)c3nc(-c4ccc(Cl)cc4)c(-c4ccc(Cl)cc4)n3c2)CC1. The minimum atomic E-state index is -0.0318. The molecule has 0 saturated carbocycles. The van der Waals surface area contributed by atoms with Crippen LogP contribution in [0.5, 0.6) is 0 Å². The smallest absolute Gasteiger partial charge is 0.255 e. The molecule has 0 aliphatic carbocycles. The van der Waals surface area contributed by atoms with Crippen molar-refractivity contribution in [1.82, 2.24) is 19.2 Å². The Hall–Kier alpha value is -2.57. The number of piperazine rings is 1. The van der Waals surface area contributed by atoms with Crippen molar-refractivity contribution in [3.63, 3.8) is 0 Å². The monoisotopic (exact) mass is 498 g/mol. The molecule has 2 aromatic carbocycles. The van der Waals surface area contributed by atoms with Gasteiger partial charge in [0.05, 0.1) is 22.0 Å². The minimum absolute atomic E-state index is 0.0318. The Morgan fingerprint density at radius 1 is 0.848 bits per heavy atom. The van der Waals surface area contributed by atoms with E-state index in [0.29, 0.717) is 39.4 Å². The Bertz CT molecular complexity index is 1320. The summed E-state index contributed by atoms with van der Waals surface area (Å²) in [5.41, 5.74) is 4.51. The van der Waals surface area contributed by atoms with Gasteiger partial charge in [0.25, 0.3) is 5.91 Å². The first-order valence-electron chi connectivity index (χ1n) is 10.6. The van der Waals surface area contributed by atoms with Crippen LogP contribution in [0.1, 0.15) is 10.4 Å². The second-order valence-corrected chi connectivity index (χ2v) is 9.47. The van der Waals surface area contributed by atoms with Gasteiger partial charge in [-0.25, -0.2) is 4.98 Å². The molecule has 5 nitrogen and oxygen atoms in total. The van der Waals surface area contributed by atoms with E-state index in [1.165, 1.54) is 0 Å². The normalized spacial score (nSPS) is 14.7. The maximum absolute atomic E-state index is 13.3. The van der Waals surface area contributed by atoms with E-state index in [-0.39, 0.29) is 5.91 Å². The van der Waals surface area contributed by atoms with E-state index in [9.17, 15) is 4.79 Å². The summed E-state index contributed by atoms with van der Waals surface area (Å²) in [5, 5.41) is 1.71. The number of hydrogen-bond acceptors (Lipinski definition) is 3. The summed E-state index contributed by atoms with van der Waals surface area (Å²) in [6.45, 7) is 3.08. The summed E-state index contributed by atoms with van der Waals surface area (Å²) in [6, 6.07) is 16.8. The molecular weight excluding hydrogens is 479 g/mol. The molecule has 168 valence electrons. The fourth-order valence-corrected chi connectivity index (χ4v) is 4.61. The topological polar surface area (TPSA) is 40.8 Å². The summed E-state index contributed by atoms with van der Waals surface area (Å²) >= 11 is 18.9. The molecule has 1 amide bonds. The number of hydrogen-bond donors (Lipinski definition) is 0. The van der Waals surface area contributed by atoms with Crippen LogP contribution >= 0.6 is 34.8 Å². The number of benzene rings is 2. The van der Waals surface area contributed by atoms with E-state index in [0.717, 1.165) is 35.6 Å². The maximum atomic E-state index is 13.3. The predicted octanol–water partition coefficient (Wildman–Crippen LogP) is 6.02. The summed E-state index contributed by atoms with van der Waals surface area (Å²) in [6.07, 6.45) is 1.83. The number of rotatable bonds is 3. The van der Waals surface area contributed by atoms with Crippen molar-refractivity contribution in [3.8, 4) is 22.5 Å². The highest BCUT2D eigenvalue weighted by atomic mass is 35.5. The van der Waals surface area contributed by atoms with Crippen LogP contribution in [-0.4, -0.2) is 58.3 Å². The molecule has 0 spiro atoms. The van der Waals surface area contributed by atoms with Gasteiger partial charge in [-0.1, -0.05) is 59.1 Å². The van der Waals surface area contributed by atoms with E-state index >= 15 is 0 Å². The Morgan fingerprint density at radius 3 is 2.03 bits per heavy atom. The number of carbonyl (C=O) groups is 1. The van der Waals surface area contributed by atoms with Crippen LogP contribution in [0.4, 0.5) is 0 Å². The number of halogens is 3. The van der Waals surface area contributed by atoms with Crippen LogP contribution in [0.3, 0.4) is 0 Å². The first-order chi connectivity index (χ1) is 15.9. The van der Waals surface area contributed by atoms with Crippen LogP contribution in [0.2, 0.25) is 15.1 Å². The lowest BCUT2D eigenvalue weighted by atomic mass is 10.0. The average molecular weight is 500 g/mol. The predicted molar refractivity (Wildman–Crippen MR) is 134 cm³/mol. The van der Waals surface area contributed by atoms with Gasteiger partial charge in [-0.3, -0.25) is 9.20 Å². The molecule has 0 atom stereocenters. The molecule has 1 aliphatic rings. The fourth-order valence-electron chi connectivity index (χ4n) is 4.11. The molecular formula is C25H21Cl3N4O. The zero-order chi connectivity index (χ0) is 23.1. The van der Waals surface area contributed by atoms with Crippen molar-refractivity contribution in [2.45, 2.75) is 0 Å². The third kappa shape index (κ3) is 4.34. The third-order valence-corrected chi connectivity index (χ3v) is 6.73. The van der Waals surface area contributed by atoms with E-state index in [1.54, 1.807) is 6.07 Å². The molecule has 1 aliphatic heterocycles. The van der Waals surface area contributed by atoms with Gasteiger partial charge in [-0.05, 0) is 37.4 Å². The van der Waals surface area contributed by atoms with Gasteiger partial charge in [0.2, 0.25) is 0 Å². The van der Waals surface area contributed by atoms with Crippen LogP contribution in [0, 0.1) is 0 Å². The molecule has 2 aromatic heterocycles. The Morgan fingerprint density at radius 2 is 1.42 bits per heavy atom. The van der Waals surface area contributed by atoms with Crippen molar-refractivity contribution >= 4 is 46.4 Å². The lowest BCUT2D eigenvalue weighted by Crippen LogP contribution is -2.47. The van der Waals surface area contributed by atoms with Gasteiger partial charge in [0.15, 0.2) is 5.65 Å². The molecule has 8 heteroatoms. The summed E-state index contributed by atoms with van der Waals surface area (Å²) in [4.78, 5) is 22.2. The number of imidazole rings is 1. The maximum Gasteiger partial charge on any atom is 0.255 e. The van der Waals surface area contributed by atoms with Gasteiger partial charge >= 0.3 is 0 Å². The van der Waals surface area contributed by atoms with Crippen molar-refractivity contribution < 1.29 is 4.79 Å². The number of likely N-dealkylation sites (N-methyl/N-ethyl adjacent to an activating group) is 1. The van der Waals surface area contributed by atoms with E-state index in [1.807, 2.05) is 64.0 Å². The second-order valence-electron chi connectivity index (χ2n) is 8.19. The van der Waals surface area contributed by atoms with Gasteiger partial charge < -0.3 is 9.80 Å². The first kappa shape index (κ1) is 22.2. The second kappa shape index (κ2) is 8.99. The molecule has 5 rings (SSSR count). The molecule has 0 radical (unpaired) electrons. The number of carbonyl (C=O) groups excluding carboxylic acids is 1. The quantitative estimate of drug-likeness (QED) is 0.346. The molecule has 4 aromatic rings. The number of pyridine rings is 1. The summed E-state index contributed by atoms with van der Waals surface area (Å²) < 4.78 is 1.90. The number of aromatic nitrogens is 2. The van der Waals surface area contributed by atoms with Crippen LogP contribution in [0.15, 0.2) is 60.8 Å². The standard InChI is InChI=1S/C25H21Cl3N4O/c1-30-10-12-31(13-11-30)25(33)18-14-21(28)24-29-22(16-2-6-19(26)7-3-16)23(32(24)15-18)17-4-8-20(27)9-5-17/h2-9,14-15H,10-13H2,1H3. The van der Waals surface area contributed by atoms with Crippen molar-refractivity contribution in [2.75, 3.05) is 33.2 Å². The lowest BCUT2D eigenvalue weighted by Gasteiger charge is -2.32. The van der Waals surface area contributed by atoms with Gasteiger partial charge in [-0.2, -0.15) is 0 Å². The molecule has 0 unspecified atom stereocenters. The molecule has 1 fully saturated rings. The highest BCUT2D eigenvalue weighted by molar-refractivity contribution is 6.34. The largest absolute Gasteiger partial charge is 0.336 e. The number of nitrogens with zero attached hydrogens (tertiary/aromatic N) is 4. The number of amides is 1. The Balaban J connectivity index is 1.69. The highest BCUT2D eigenvalue weighted by Crippen LogP contribution is 2.36. The average Bonchev–Trinajstić information content (AvgIpc) is 3.20. The molecule has 3 heterocycles. The van der Waals surface area contributed by atoms with E-state index < -0.39 is 0 Å². The van der Waals surface area contributed by atoms with Gasteiger partial charge in [0, 0.05) is 53.5 Å². The van der Waals surface area contributed by atoms with E-state index in [4.69, 9.17) is 39.8 Å². The Kier molecular flexibility index (Phi) is 6.06. The zero-order valence-electron chi connectivity index (χ0n) is 17.9. The van der Waals surface area contributed by atoms with Crippen LogP contribution < -0.4 is 0 Å². The van der Waals surface area contributed by atoms with E-state index in [2.05, 4.69) is 11.9 Å². The summed E-state index contributed by atoms with van der Waals surface area (Å²) in [7, 11) is 2.06. The Labute approximate surface area is 207 Å². The van der Waals surface area contributed by atoms with Crippen LogP contribution in [0.25, 0.3) is 28.2 Å². The molecule has 0 N–H and O–H groups in total. The summed E-state index contributed by atoms with van der Waals surface area (Å²) in [5.74, 6) is -0.0318. The molecule has 1 saturated heterocycles. The lowest BCUT2D eigenvalue weighted by molar-refractivity contribution is 0.0663. The van der Waals surface area contributed by atoms with Crippen molar-refractivity contribution in [1.29, 1.82) is 0 Å². The first-order valence-corrected chi connectivity index (χ1v) is 11.8. The molecule has 0 bridgehead atoms. The highest BCUT2D eigenvalue weighted by Gasteiger charge is 2.24. The van der Waals surface area contributed by atoms with Gasteiger partial charge in [0.1, 0.15) is 0 Å². The minimum Gasteiger partial charge on any atom is -0.336 e. The molecule has 33 heavy (non-hydrogen) atoms. The van der Waals surface area contributed by atoms with Crippen molar-refractivity contribution in [3.05, 3.63) is 81.4 Å². The third-order valence-electron chi connectivity index (χ3n) is 5.95.